The average Bonchev–Trinajstić information content (AvgIpc) is 3.09. The minimum Gasteiger partial charge on any atom is -0.481 e. The number of H-pyrrole nitrogens is 1. The molecule has 9 nitrogen and oxygen atoms in total. The number of imidazole rings is 1. The molecule has 162 valence electrons. The molecular weight excluding hydrogens is 395 g/mol. The molecule has 0 saturated carbocycles. The maximum atomic E-state index is 13.9. The monoisotopic (exact) mass is 420 g/mol. The number of carboxylic acids is 1. The number of carbonyl (C=O) groups excluding carboxylic acids is 2. The number of benzene rings is 1. The Morgan fingerprint density at radius 3 is 2.50 bits per heavy atom. The summed E-state index contributed by atoms with van der Waals surface area (Å²) in [4.78, 5) is 42.7. The fraction of sp³-hybridized carbons (Fsp3) is 0.400. The Hall–Kier alpha value is -3.43. The van der Waals surface area contributed by atoms with E-state index in [2.05, 4.69) is 20.6 Å². The van der Waals surface area contributed by atoms with Gasteiger partial charge in [0, 0.05) is 5.56 Å². The van der Waals surface area contributed by atoms with Crippen LogP contribution >= 0.6 is 0 Å². The molecule has 4 N–H and O–H groups in total. The van der Waals surface area contributed by atoms with Crippen LogP contribution in [0.5, 0.6) is 0 Å². The Balaban J connectivity index is 2.08. The molecule has 0 aliphatic heterocycles. The first-order valence-electron chi connectivity index (χ1n) is 9.27. The van der Waals surface area contributed by atoms with Crippen molar-refractivity contribution in [2.75, 3.05) is 0 Å². The van der Waals surface area contributed by atoms with Crippen LogP contribution in [0.4, 0.5) is 9.18 Å². The molecule has 2 amide bonds. The van der Waals surface area contributed by atoms with Gasteiger partial charge in [-0.25, -0.2) is 14.2 Å². The third-order valence-electron chi connectivity index (χ3n) is 3.91. The highest BCUT2D eigenvalue weighted by atomic mass is 19.1. The van der Waals surface area contributed by atoms with Crippen LogP contribution in [0.15, 0.2) is 30.5 Å². The summed E-state index contributed by atoms with van der Waals surface area (Å²) >= 11 is 0. The van der Waals surface area contributed by atoms with Crippen LogP contribution < -0.4 is 10.6 Å². The summed E-state index contributed by atoms with van der Waals surface area (Å²) < 4.78 is 19.0. The predicted molar refractivity (Wildman–Crippen MR) is 106 cm³/mol. The molecule has 10 heteroatoms. The van der Waals surface area contributed by atoms with E-state index in [-0.39, 0.29) is 0 Å². The van der Waals surface area contributed by atoms with Crippen LogP contribution in [0.2, 0.25) is 0 Å². The van der Waals surface area contributed by atoms with Crippen LogP contribution in [0.25, 0.3) is 11.3 Å². The Kier molecular flexibility index (Phi) is 7.14. The smallest absolute Gasteiger partial charge is 0.408 e. The van der Waals surface area contributed by atoms with Crippen molar-refractivity contribution in [1.82, 2.24) is 20.6 Å². The molecule has 0 radical (unpaired) electrons. The number of nitrogens with one attached hydrogen (secondary N) is 3. The second kappa shape index (κ2) is 9.38. The number of ether oxygens (including phenoxy) is 1. The van der Waals surface area contributed by atoms with E-state index in [0.717, 1.165) is 0 Å². The van der Waals surface area contributed by atoms with E-state index in [9.17, 15) is 18.8 Å². The van der Waals surface area contributed by atoms with Crippen LogP contribution in [-0.4, -0.2) is 44.7 Å². The molecule has 0 bridgehead atoms. The van der Waals surface area contributed by atoms with Crippen molar-refractivity contribution in [1.29, 1.82) is 0 Å². The molecule has 0 aliphatic carbocycles. The summed E-state index contributed by atoms with van der Waals surface area (Å²) in [6.07, 6.45) is -0.100. The lowest BCUT2D eigenvalue weighted by molar-refractivity contribution is -0.140. The molecular formula is C20H25FN4O5. The largest absolute Gasteiger partial charge is 0.481 e. The van der Waals surface area contributed by atoms with Gasteiger partial charge in [0.2, 0.25) is 5.91 Å². The van der Waals surface area contributed by atoms with Crippen molar-refractivity contribution < 1.29 is 28.6 Å². The van der Waals surface area contributed by atoms with E-state index < -0.39 is 47.9 Å². The SMILES string of the molecule is C[C@H](NC(=O)C(CC(=O)O)NC(=O)OC(C)(C)C)c1ncc(-c2ccccc2F)[nH]1. The molecule has 1 aromatic heterocycles. The van der Waals surface area contributed by atoms with Gasteiger partial charge in [0.1, 0.15) is 23.3 Å². The summed E-state index contributed by atoms with van der Waals surface area (Å²) in [5.41, 5.74) is -0.0536. The van der Waals surface area contributed by atoms with Crippen molar-refractivity contribution >= 4 is 18.0 Å². The molecule has 1 aromatic carbocycles. The van der Waals surface area contributed by atoms with Gasteiger partial charge in [0.25, 0.3) is 0 Å². The van der Waals surface area contributed by atoms with Gasteiger partial charge in [-0.3, -0.25) is 9.59 Å². The summed E-state index contributed by atoms with van der Waals surface area (Å²) in [7, 11) is 0. The summed E-state index contributed by atoms with van der Waals surface area (Å²) in [6, 6.07) is 4.15. The first kappa shape index (κ1) is 22.9. The number of nitrogens with zero attached hydrogens (tertiary/aromatic N) is 1. The van der Waals surface area contributed by atoms with Gasteiger partial charge in [0.15, 0.2) is 0 Å². The Labute approximate surface area is 173 Å². The molecule has 2 atom stereocenters. The maximum absolute atomic E-state index is 13.9. The van der Waals surface area contributed by atoms with E-state index in [1.54, 1.807) is 45.9 Å². The van der Waals surface area contributed by atoms with Gasteiger partial charge >= 0.3 is 12.1 Å². The third-order valence-corrected chi connectivity index (χ3v) is 3.91. The highest BCUT2D eigenvalue weighted by Gasteiger charge is 2.28. The second-order valence-corrected chi connectivity index (χ2v) is 7.69. The van der Waals surface area contributed by atoms with Crippen LogP contribution in [0.1, 0.15) is 46.0 Å². The van der Waals surface area contributed by atoms with Crippen molar-refractivity contribution in [2.24, 2.45) is 0 Å². The molecule has 0 aliphatic rings. The number of hydrogen-bond donors (Lipinski definition) is 4. The average molecular weight is 420 g/mol. The van der Waals surface area contributed by atoms with Crippen LogP contribution in [-0.2, 0) is 14.3 Å². The van der Waals surface area contributed by atoms with Crippen molar-refractivity contribution in [2.45, 2.75) is 51.8 Å². The Bertz CT molecular complexity index is 922. The van der Waals surface area contributed by atoms with Gasteiger partial charge in [-0.1, -0.05) is 12.1 Å². The standard InChI is InChI=1S/C20H25FN4O5/c1-11(17-22-10-15(24-17)12-7-5-6-8-13(12)21)23-18(28)14(9-16(26)27)25-19(29)30-20(2,3)4/h5-8,10-11,14H,9H2,1-4H3,(H,22,24)(H,23,28)(H,25,29)(H,26,27)/t11-,14?/m0/s1. The molecule has 1 unspecified atom stereocenters. The number of aromatic nitrogens is 2. The van der Waals surface area contributed by atoms with Gasteiger partial charge in [-0.15, -0.1) is 0 Å². The van der Waals surface area contributed by atoms with E-state index in [1.165, 1.54) is 12.3 Å². The van der Waals surface area contributed by atoms with Gasteiger partial charge in [-0.2, -0.15) is 0 Å². The number of aromatic amines is 1. The zero-order valence-electron chi connectivity index (χ0n) is 17.2. The summed E-state index contributed by atoms with van der Waals surface area (Å²) in [5, 5.41) is 13.9. The number of rotatable bonds is 7. The number of hydrogen-bond acceptors (Lipinski definition) is 5. The lowest BCUT2D eigenvalue weighted by atomic mass is 10.1. The Morgan fingerprint density at radius 1 is 1.23 bits per heavy atom. The van der Waals surface area contributed by atoms with Crippen molar-refractivity contribution in [3.8, 4) is 11.3 Å². The minimum absolute atomic E-state index is 0.324. The van der Waals surface area contributed by atoms with Crippen molar-refractivity contribution in [3.63, 3.8) is 0 Å². The molecule has 0 fully saturated rings. The second-order valence-electron chi connectivity index (χ2n) is 7.69. The first-order chi connectivity index (χ1) is 14.0. The maximum Gasteiger partial charge on any atom is 0.408 e. The van der Waals surface area contributed by atoms with Crippen LogP contribution in [0.3, 0.4) is 0 Å². The van der Waals surface area contributed by atoms with Gasteiger partial charge in [-0.05, 0) is 39.8 Å². The fourth-order valence-electron chi connectivity index (χ4n) is 2.59. The minimum atomic E-state index is -1.35. The molecule has 2 aromatic rings. The number of halogens is 1. The molecule has 30 heavy (non-hydrogen) atoms. The number of aliphatic carboxylic acids is 1. The topological polar surface area (TPSA) is 133 Å². The predicted octanol–water partition coefficient (Wildman–Crippen LogP) is 2.76. The lowest BCUT2D eigenvalue weighted by Gasteiger charge is -2.23. The van der Waals surface area contributed by atoms with Gasteiger partial charge < -0.3 is 25.5 Å². The van der Waals surface area contributed by atoms with E-state index in [1.807, 2.05) is 0 Å². The van der Waals surface area contributed by atoms with E-state index in [4.69, 9.17) is 9.84 Å². The normalized spacial score (nSPS) is 13.2. The highest BCUT2D eigenvalue weighted by Crippen LogP contribution is 2.22. The summed E-state index contributed by atoms with van der Waals surface area (Å²) in [6.45, 7) is 6.55. The van der Waals surface area contributed by atoms with E-state index in [0.29, 0.717) is 17.1 Å². The first-order valence-corrected chi connectivity index (χ1v) is 9.27. The summed E-state index contributed by atoms with van der Waals surface area (Å²) in [5.74, 6) is -2.07. The molecule has 2 rings (SSSR count). The molecule has 1 heterocycles. The van der Waals surface area contributed by atoms with E-state index >= 15 is 0 Å². The molecule has 0 spiro atoms. The zero-order chi connectivity index (χ0) is 22.5. The number of carbonyl (C=O) groups is 3. The van der Waals surface area contributed by atoms with Crippen molar-refractivity contribution in [3.05, 3.63) is 42.1 Å². The number of amides is 2. The lowest BCUT2D eigenvalue weighted by Crippen LogP contribution is -2.49. The fourth-order valence-corrected chi connectivity index (χ4v) is 2.59. The highest BCUT2D eigenvalue weighted by molar-refractivity contribution is 5.89. The third kappa shape index (κ3) is 6.57. The Morgan fingerprint density at radius 2 is 1.90 bits per heavy atom. The zero-order valence-corrected chi connectivity index (χ0v) is 17.2. The number of carboxylic acid groups (broad SMARTS) is 1. The quantitative estimate of drug-likeness (QED) is 0.544. The van der Waals surface area contributed by atoms with Gasteiger partial charge in [0.05, 0.1) is 24.4 Å². The number of alkyl carbamates (subject to hydrolysis) is 1. The molecule has 0 saturated heterocycles. The van der Waals surface area contributed by atoms with Crippen LogP contribution in [0, 0.1) is 5.82 Å².